The molecule has 6 heteroatoms. The molecule has 1 amide bonds. The van der Waals surface area contributed by atoms with Crippen LogP contribution < -0.4 is 4.90 Å². The second kappa shape index (κ2) is 6.63. The highest BCUT2D eigenvalue weighted by Crippen LogP contribution is 2.29. The topological polar surface area (TPSA) is 62.5 Å². The standard InChI is InChI=1S/C18H24N4O2/c1-12(2)16-13(3)19-14(4)20-17(16)21-7-9-22(10-8-21)18(23)15-6-5-11-24-15/h5-6,11-12H,7-10H2,1-4H3. The van der Waals surface area contributed by atoms with Crippen LogP contribution in [0.5, 0.6) is 0 Å². The van der Waals surface area contributed by atoms with Crippen molar-refractivity contribution in [1.29, 1.82) is 0 Å². The number of hydrogen-bond donors (Lipinski definition) is 0. The van der Waals surface area contributed by atoms with Gasteiger partial charge >= 0.3 is 0 Å². The number of amides is 1. The van der Waals surface area contributed by atoms with Crippen LogP contribution in [0.15, 0.2) is 22.8 Å². The normalized spacial score (nSPS) is 15.2. The summed E-state index contributed by atoms with van der Waals surface area (Å²) in [5, 5.41) is 0. The van der Waals surface area contributed by atoms with Gasteiger partial charge in [0.2, 0.25) is 0 Å². The van der Waals surface area contributed by atoms with E-state index in [1.54, 1.807) is 12.1 Å². The predicted octanol–water partition coefficient (Wildman–Crippen LogP) is 2.77. The quantitative estimate of drug-likeness (QED) is 0.867. The first-order valence-electron chi connectivity index (χ1n) is 8.40. The first kappa shape index (κ1) is 16.5. The number of furan rings is 1. The van der Waals surface area contributed by atoms with Gasteiger partial charge < -0.3 is 14.2 Å². The van der Waals surface area contributed by atoms with Crippen molar-refractivity contribution in [1.82, 2.24) is 14.9 Å². The molecule has 1 aliphatic rings. The average molecular weight is 328 g/mol. The fourth-order valence-corrected chi connectivity index (χ4v) is 3.30. The minimum Gasteiger partial charge on any atom is -0.459 e. The van der Waals surface area contributed by atoms with Crippen molar-refractivity contribution >= 4 is 11.7 Å². The Balaban J connectivity index is 1.77. The van der Waals surface area contributed by atoms with Crippen LogP contribution in [0.1, 0.15) is 47.4 Å². The predicted molar refractivity (Wildman–Crippen MR) is 92.4 cm³/mol. The Morgan fingerprint density at radius 3 is 2.46 bits per heavy atom. The van der Waals surface area contributed by atoms with Crippen molar-refractivity contribution in [2.45, 2.75) is 33.6 Å². The number of nitrogens with zero attached hydrogens (tertiary/aromatic N) is 4. The zero-order valence-electron chi connectivity index (χ0n) is 14.7. The molecule has 128 valence electrons. The molecule has 6 nitrogen and oxygen atoms in total. The van der Waals surface area contributed by atoms with Crippen molar-refractivity contribution in [3.8, 4) is 0 Å². The maximum absolute atomic E-state index is 12.4. The lowest BCUT2D eigenvalue weighted by Crippen LogP contribution is -2.49. The molecule has 1 aliphatic heterocycles. The maximum Gasteiger partial charge on any atom is 0.289 e. The van der Waals surface area contributed by atoms with Crippen LogP contribution in [0.4, 0.5) is 5.82 Å². The molecular weight excluding hydrogens is 304 g/mol. The summed E-state index contributed by atoms with van der Waals surface area (Å²) in [5.41, 5.74) is 2.24. The molecular formula is C18H24N4O2. The molecule has 0 unspecified atom stereocenters. The summed E-state index contributed by atoms with van der Waals surface area (Å²) in [6.07, 6.45) is 1.53. The van der Waals surface area contributed by atoms with Crippen molar-refractivity contribution in [3.63, 3.8) is 0 Å². The zero-order valence-corrected chi connectivity index (χ0v) is 14.7. The molecule has 2 aromatic heterocycles. The Morgan fingerprint density at radius 1 is 1.17 bits per heavy atom. The van der Waals surface area contributed by atoms with Gasteiger partial charge in [0.15, 0.2) is 5.76 Å². The van der Waals surface area contributed by atoms with Crippen LogP contribution in [-0.4, -0.2) is 47.0 Å². The van der Waals surface area contributed by atoms with E-state index >= 15 is 0 Å². The highest BCUT2D eigenvalue weighted by molar-refractivity contribution is 5.91. The zero-order chi connectivity index (χ0) is 17.3. The largest absolute Gasteiger partial charge is 0.459 e. The van der Waals surface area contributed by atoms with E-state index in [-0.39, 0.29) is 5.91 Å². The van der Waals surface area contributed by atoms with Crippen molar-refractivity contribution in [2.24, 2.45) is 0 Å². The van der Waals surface area contributed by atoms with E-state index in [1.807, 2.05) is 18.7 Å². The number of carbonyl (C=O) groups is 1. The lowest BCUT2D eigenvalue weighted by molar-refractivity contribution is 0.0714. The molecule has 2 aromatic rings. The Hall–Kier alpha value is -2.37. The summed E-state index contributed by atoms with van der Waals surface area (Å²) in [6, 6.07) is 3.45. The van der Waals surface area contributed by atoms with Gasteiger partial charge in [0.05, 0.1) is 6.26 Å². The molecule has 0 spiro atoms. The lowest BCUT2D eigenvalue weighted by Gasteiger charge is -2.36. The van der Waals surface area contributed by atoms with Gasteiger partial charge in [-0.25, -0.2) is 9.97 Å². The molecule has 3 heterocycles. The SMILES string of the molecule is Cc1nc(C)c(C(C)C)c(N2CCN(C(=O)c3ccco3)CC2)n1. The third-order valence-electron chi connectivity index (χ3n) is 4.40. The van der Waals surface area contributed by atoms with E-state index in [0.717, 1.165) is 30.4 Å². The summed E-state index contributed by atoms with van der Waals surface area (Å²) in [7, 11) is 0. The number of aryl methyl sites for hydroxylation is 2. The molecule has 1 saturated heterocycles. The van der Waals surface area contributed by atoms with Crippen LogP contribution in [0.25, 0.3) is 0 Å². The van der Waals surface area contributed by atoms with Crippen LogP contribution in [-0.2, 0) is 0 Å². The number of rotatable bonds is 3. The maximum atomic E-state index is 12.4. The molecule has 24 heavy (non-hydrogen) atoms. The molecule has 3 rings (SSSR count). The summed E-state index contributed by atoms with van der Waals surface area (Å²) in [4.78, 5) is 25.7. The molecule has 0 aromatic carbocycles. The Bertz CT molecular complexity index is 717. The highest BCUT2D eigenvalue weighted by Gasteiger charge is 2.26. The number of carbonyl (C=O) groups excluding carboxylic acids is 1. The van der Waals surface area contributed by atoms with E-state index in [4.69, 9.17) is 9.40 Å². The van der Waals surface area contributed by atoms with Crippen LogP contribution in [0.3, 0.4) is 0 Å². The van der Waals surface area contributed by atoms with Crippen molar-refractivity contribution in [2.75, 3.05) is 31.1 Å². The van der Waals surface area contributed by atoms with Crippen LogP contribution in [0.2, 0.25) is 0 Å². The molecule has 1 fully saturated rings. The smallest absolute Gasteiger partial charge is 0.289 e. The molecule has 0 N–H and O–H groups in total. The Morgan fingerprint density at radius 2 is 1.88 bits per heavy atom. The number of hydrogen-bond acceptors (Lipinski definition) is 5. The van der Waals surface area contributed by atoms with E-state index in [0.29, 0.717) is 24.8 Å². The van der Waals surface area contributed by atoms with Gasteiger partial charge in [-0.3, -0.25) is 4.79 Å². The number of piperazine rings is 1. The van der Waals surface area contributed by atoms with Gasteiger partial charge in [-0.2, -0.15) is 0 Å². The van der Waals surface area contributed by atoms with Gasteiger partial charge in [0.25, 0.3) is 5.91 Å². The molecule has 0 bridgehead atoms. The second-order valence-electron chi connectivity index (χ2n) is 6.50. The molecule has 0 radical (unpaired) electrons. The fourth-order valence-electron chi connectivity index (χ4n) is 3.30. The van der Waals surface area contributed by atoms with Gasteiger partial charge in [-0.05, 0) is 31.9 Å². The van der Waals surface area contributed by atoms with Gasteiger partial charge in [-0.1, -0.05) is 13.8 Å². The summed E-state index contributed by atoms with van der Waals surface area (Å²) in [5.74, 6) is 2.53. The van der Waals surface area contributed by atoms with Gasteiger partial charge in [-0.15, -0.1) is 0 Å². The van der Waals surface area contributed by atoms with E-state index in [9.17, 15) is 4.79 Å². The first-order valence-corrected chi connectivity index (χ1v) is 8.40. The lowest BCUT2D eigenvalue weighted by atomic mass is 10.0. The summed E-state index contributed by atoms with van der Waals surface area (Å²) in [6.45, 7) is 11.2. The summed E-state index contributed by atoms with van der Waals surface area (Å²) >= 11 is 0. The van der Waals surface area contributed by atoms with E-state index in [1.165, 1.54) is 11.8 Å². The van der Waals surface area contributed by atoms with Gasteiger partial charge in [0.1, 0.15) is 11.6 Å². The average Bonchev–Trinajstić information content (AvgIpc) is 3.07. The Kier molecular flexibility index (Phi) is 4.55. The third-order valence-corrected chi connectivity index (χ3v) is 4.40. The minimum atomic E-state index is -0.0428. The number of anilines is 1. The first-order chi connectivity index (χ1) is 11.5. The molecule has 0 aliphatic carbocycles. The van der Waals surface area contributed by atoms with Crippen LogP contribution in [0, 0.1) is 13.8 Å². The molecule has 0 atom stereocenters. The van der Waals surface area contributed by atoms with Crippen molar-refractivity contribution in [3.05, 3.63) is 41.2 Å². The monoisotopic (exact) mass is 328 g/mol. The highest BCUT2D eigenvalue weighted by atomic mass is 16.3. The minimum absolute atomic E-state index is 0.0428. The van der Waals surface area contributed by atoms with E-state index in [2.05, 4.69) is 23.7 Å². The third kappa shape index (κ3) is 3.13. The second-order valence-corrected chi connectivity index (χ2v) is 6.50. The van der Waals surface area contributed by atoms with Crippen LogP contribution >= 0.6 is 0 Å². The van der Waals surface area contributed by atoms with Crippen molar-refractivity contribution < 1.29 is 9.21 Å². The van der Waals surface area contributed by atoms with Gasteiger partial charge in [0, 0.05) is 37.4 Å². The fraction of sp³-hybridized carbons (Fsp3) is 0.500. The number of aromatic nitrogens is 2. The Labute approximate surface area is 142 Å². The molecule has 0 saturated carbocycles. The van der Waals surface area contributed by atoms with E-state index < -0.39 is 0 Å². The summed E-state index contributed by atoms with van der Waals surface area (Å²) < 4.78 is 5.22.